The molecule has 0 fully saturated rings. The Kier molecular flexibility index (Phi) is 10.5. The molecule has 184 valence electrons. The third kappa shape index (κ3) is 9.53. The second-order valence-electron chi connectivity index (χ2n) is 12.0. The van der Waals surface area contributed by atoms with Crippen LogP contribution >= 0.6 is 0 Å². The van der Waals surface area contributed by atoms with Gasteiger partial charge in [-0.25, -0.2) is 0 Å². The number of benzene rings is 2. The molecule has 0 radical (unpaired) electrons. The van der Waals surface area contributed by atoms with Crippen LogP contribution in [-0.4, -0.2) is 13.7 Å². The third-order valence-electron chi connectivity index (χ3n) is 7.18. The number of aryl methyl sites for hydroxylation is 1. The summed E-state index contributed by atoms with van der Waals surface area (Å²) in [4.78, 5) is 0. The van der Waals surface area contributed by atoms with Crippen molar-refractivity contribution in [3.8, 4) is 5.75 Å². The quantitative estimate of drug-likeness (QED) is 0.312. The molecule has 0 aliphatic carbocycles. The Bertz CT molecular complexity index is 819. The van der Waals surface area contributed by atoms with Crippen LogP contribution in [0.4, 0.5) is 0 Å². The van der Waals surface area contributed by atoms with Gasteiger partial charge in [0.2, 0.25) is 0 Å². The lowest BCUT2D eigenvalue weighted by atomic mass is 9.76. The fourth-order valence-corrected chi connectivity index (χ4v) is 4.93. The second kappa shape index (κ2) is 12.6. The molecule has 2 nitrogen and oxygen atoms in total. The van der Waals surface area contributed by atoms with Crippen LogP contribution in [0.1, 0.15) is 96.3 Å². The zero-order valence-corrected chi connectivity index (χ0v) is 22.4. The molecule has 0 aliphatic rings. The van der Waals surface area contributed by atoms with Gasteiger partial charge in [0, 0.05) is 0 Å². The van der Waals surface area contributed by atoms with E-state index in [4.69, 9.17) is 10.5 Å². The largest absolute Gasteiger partial charge is 0.496 e. The van der Waals surface area contributed by atoms with Crippen LogP contribution in [0.2, 0.25) is 0 Å². The first-order chi connectivity index (χ1) is 15.5. The molecule has 2 unspecified atom stereocenters. The minimum atomic E-state index is 0.238. The van der Waals surface area contributed by atoms with Crippen molar-refractivity contribution in [2.75, 3.05) is 13.7 Å². The second-order valence-corrected chi connectivity index (χ2v) is 12.0. The number of hydrogen-bond acceptors (Lipinski definition) is 2. The average molecular weight is 452 g/mol. The van der Waals surface area contributed by atoms with Gasteiger partial charge in [-0.2, -0.15) is 0 Å². The van der Waals surface area contributed by atoms with Crippen LogP contribution in [0.3, 0.4) is 0 Å². The molecule has 33 heavy (non-hydrogen) atoms. The molecular formula is C31H49NO. The summed E-state index contributed by atoms with van der Waals surface area (Å²) in [6.45, 7) is 14.9. The van der Waals surface area contributed by atoms with Crippen LogP contribution in [-0.2, 0) is 12.8 Å². The number of hydrogen-bond donors (Lipinski definition) is 1. The Hall–Kier alpha value is -1.80. The van der Waals surface area contributed by atoms with Gasteiger partial charge in [-0.1, -0.05) is 90.4 Å². The number of rotatable bonds is 13. The summed E-state index contributed by atoms with van der Waals surface area (Å²) in [5.74, 6) is 2.04. The minimum Gasteiger partial charge on any atom is -0.496 e. The zero-order valence-electron chi connectivity index (χ0n) is 22.4. The lowest BCUT2D eigenvalue weighted by molar-refractivity contribution is 0.278. The van der Waals surface area contributed by atoms with Crippen molar-refractivity contribution in [3.63, 3.8) is 0 Å². The Morgan fingerprint density at radius 2 is 1.61 bits per heavy atom. The highest BCUT2D eigenvalue weighted by atomic mass is 16.5. The first kappa shape index (κ1) is 27.4. The Morgan fingerprint density at radius 3 is 2.21 bits per heavy atom. The summed E-state index contributed by atoms with van der Waals surface area (Å²) in [6, 6.07) is 17.6. The van der Waals surface area contributed by atoms with E-state index >= 15 is 0 Å². The highest BCUT2D eigenvalue weighted by molar-refractivity contribution is 5.38. The van der Waals surface area contributed by atoms with Crippen molar-refractivity contribution in [1.29, 1.82) is 0 Å². The van der Waals surface area contributed by atoms with Crippen molar-refractivity contribution in [3.05, 3.63) is 65.2 Å². The Morgan fingerprint density at radius 1 is 0.909 bits per heavy atom. The summed E-state index contributed by atoms with van der Waals surface area (Å²) in [5, 5.41) is 0. The summed E-state index contributed by atoms with van der Waals surface area (Å²) < 4.78 is 5.68. The van der Waals surface area contributed by atoms with E-state index in [1.54, 1.807) is 7.11 Å². The van der Waals surface area contributed by atoms with Gasteiger partial charge in [0.05, 0.1) is 7.11 Å². The lowest BCUT2D eigenvalue weighted by Crippen LogP contribution is -2.24. The van der Waals surface area contributed by atoms with Crippen molar-refractivity contribution in [2.45, 2.75) is 92.4 Å². The normalized spacial score (nSPS) is 14.2. The molecule has 2 aromatic carbocycles. The maximum Gasteiger partial charge on any atom is 0.122 e. The smallest absolute Gasteiger partial charge is 0.122 e. The van der Waals surface area contributed by atoms with Crippen molar-refractivity contribution in [1.82, 2.24) is 0 Å². The summed E-state index contributed by atoms with van der Waals surface area (Å²) in [7, 11) is 1.79. The molecule has 0 saturated heterocycles. The predicted octanol–water partition coefficient (Wildman–Crippen LogP) is 8.18. The maximum atomic E-state index is 6.22. The van der Waals surface area contributed by atoms with Gasteiger partial charge in [-0.3, -0.25) is 0 Å². The van der Waals surface area contributed by atoms with E-state index in [1.165, 1.54) is 42.4 Å². The summed E-state index contributed by atoms with van der Waals surface area (Å²) >= 11 is 0. The van der Waals surface area contributed by atoms with E-state index < -0.39 is 0 Å². The SMILES string of the molecule is COc1ccc(CC(C)(C)CCC(CN)C(C)c2ccccc2)cc1CCCCC(C)(C)C. The Balaban J connectivity index is 1.98. The van der Waals surface area contributed by atoms with Crippen LogP contribution in [0, 0.1) is 16.7 Å². The molecule has 2 heteroatoms. The van der Waals surface area contributed by atoms with Crippen molar-refractivity contribution in [2.24, 2.45) is 22.5 Å². The van der Waals surface area contributed by atoms with Crippen LogP contribution in [0.25, 0.3) is 0 Å². The summed E-state index contributed by atoms with van der Waals surface area (Å²) in [6.07, 6.45) is 8.28. The molecule has 2 atom stereocenters. The van der Waals surface area contributed by atoms with E-state index in [0.29, 0.717) is 17.3 Å². The first-order valence-electron chi connectivity index (χ1n) is 13.0. The van der Waals surface area contributed by atoms with E-state index in [-0.39, 0.29) is 5.41 Å². The van der Waals surface area contributed by atoms with Crippen LogP contribution in [0.5, 0.6) is 5.75 Å². The summed E-state index contributed by atoms with van der Waals surface area (Å²) in [5.41, 5.74) is 11.0. The van der Waals surface area contributed by atoms with E-state index in [2.05, 4.69) is 90.1 Å². The highest BCUT2D eigenvalue weighted by Crippen LogP contribution is 2.35. The van der Waals surface area contributed by atoms with Crippen molar-refractivity contribution >= 4 is 0 Å². The maximum absolute atomic E-state index is 6.22. The van der Waals surface area contributed by atoms with Gasteiger partial charge >= 0.3 is 0 Å². The number of methoxy groups -OCH3 is 1. The average Bonchev–Trinajstić information content (AvgIpc) is 2.77. The van der Waals surface area contributed by atoms with Gasteiger partial charge in [-0.05, 0) is 90.5 Å². The molecule has 0 aromatic heterocycles. The molecule has 2 N–H and O–H groups in total. The molecule has 0 amide bonds. The van der Waals surface area contributed by atoms with Crippen molar-refractivity contribution < 1.29 is 4.74 Å². The topological polar surface area (TPSA) is 35.2 Å². The van der Waals surface area contributed by atoms with Gasteiger partial charge in [0.25, 0.3) is 0 Å². The number of unbranched alkanes of at least 4 members (excludes halogenated alkanes) is 1. The van der Waals surface area contributed by atoms with Gasteiger partial charge < -0.3 is 10.5 Å². The monoisotopic (exact) mass is 451 g/mol. The molecule has 0 aliphatic heterocycles. The molecule has 0 heterocycles. The van der Waals surface area contributed by atoms with Gasteiger partial charge in [-0.15, -0.1) is 0 Å². The standard InChI is InChI=1S/C31H49NO/c1-24(26-13-9-8-10-14-26)28(23-32)18-20-31(5,6)22-25-16-17-29(33-7)27(21-25)15-11-12-19-30(2,3)4/h8-10,13-14,16-17,21,24,28H,11-12,15,18-20,22-23,32H2,1-7H3. The first-order valence-corrected chi connectivity index (χ1v) is 13.0. The molecule has 0 saturated carbocycles. The van der Waals surface area contributed by atoms with E-state index in [1.807, 2.05) is 0 Å². The van der Waals surface area contributed by atoms with Crippen LogP contribution in [0.15, 0.2) is 48.5 Å². The van der Waals surface area contributed by atoms with Gasteiger partial charge in [0.15, 0.2) is 0 Å². The number of nitrogens with two attached hydrogens (primary N) is 1. The molecule has 0 bridgehead atoms. The molecular weight excluding hydrogens is 402 g/mol. The zero-order chi connectivity index (χ0) is 24.5. The highest BCUT2D eigenvalue weighted by Gasteiger charge is 2.24. The van der Waals surface area contributed by atoms with E-state index in [9.17, 15) is 0 Å². The van der Waals surface area contributed by atoms with Gasteiger partial charge in [0.1, 0.15) is 5.75 Å². The molecule has 2 aromatic rings. The fourth-order valence-electron chi connectivity index (χ4n) is 4.93. The van der Waals surface area contributed by atoms with E-state index in [0.717, 1.165) is 31.6 Å². The third-order valence-corrected chi connectivity index (χ3v) is 7.18. The number of ether oxygens (including phenoxy) is 1. The van der Waals surface area contributed by atoms with Crippen LogP contribution < -0.4 is 10.5 Å². The predicted molar refractivity (Wildman–Crippen MR) is 144 cm³/mol. The lowest BCUT2D eigenvalue weighted by Gasteiger charge is -2.30. The fraction of sp³-hybridized carbons (Fsp3) is 0.613. The molecule has 2 rings (SSSR count). The Labute approximate surface area is 204 Å². The minimum absolute atomic E-state index is 0.238. The molecule has 0 spiro atoms.